The van der Waals surface area contributed by atoms with E-state index in [1.54, 1.807) is 31.2 Å². The van der Waals surface area contributed by atoms with Gasteiger partial charge in [-0.3, -0.25) is 14.5 Å². The molecule has 1 N–H and O–H groups in total. The molecule has 0 fully saturated rings. The Hall–Kier alpha value is -2.05. The van der Waals surface area contributed by atoms with Crippen LogP contribution in [0.3, 0.4) is 0 Å². The number of aryl methyl sites for hydroxylation is 1. The molecule has 0 saturated carbocycles. The highest BCUT2D eigenvalue weighted by molar-refractivity contribution is 6.44. The molecule has 0 bridgehead atoms. The van der Waals surface area contributed by atoms with Gasteiger partial charge in [-0.1, -0.05) is 34.4 Å². The van der Waals surface area contributed by atoms with E-state index < -0.39 is 5.91 Å². The van der Waals surface area contributed by atoms with Crippen molar-refractivity contribution in [2.24, 2.45) is 0 Å². The molecule has 8 heteroatoms. The summed E-state index contributed by atoms with van der Waals surface area (Å²) in [6.45, 7) is 2.81. The molecular formula is C14H13Cl2N3O3. The number of nitrogens with zero attached hydrogens (tertiary/aromatic N) is 2. The number of anilines is 2. The molecule has 1 heterocycles. The number of hydrogen-bond acceptors (Lipinski definition) is 4. The van der Waals surface area contributed by atoms with Gasteiger partial charge in [0.25, 0.3) is 0 Å². The predicted octanol–water partition coefficient (Wildman–Crippen LogP) is 3.28. The van der Waals surface area contributed by atoms with E-state index in [-0.39, 0.29) is 23.3 Å². The summed E-state index contributed by atoms with van der Waals surface area (Å²) in [7, 11) is 0. The molecule has 2 aromatic rings. The standard InChI is InChI=1S/C14H13Cl2N3O3/c1-8-6-12(18-22-8)19(9(2)20)7-13(21)17-11-5-3-4-10(15)14(11)16/h3-6H,7H2,1-2H3,(H,17,21). The summed E-state index contributed by atoms with van der Waals surface area (Å²) in [6, 6.07) is 6.46. The zero-order valence-corrected chi connectivity index (χ0v) is 13.4. The van der Waals surface area contributed by atoms with Crippen molar-refractivity contribution in [1.29, 1.82) is 0 Å². The molecule has 0 spiro atoms. The summed E-state index contributed by atoms with van der Waals surface area (Å²) < 4.78 is 4.92. The van der Waals surface area contributed by atoms with Crippen LogP contribution in [0, 0.1) is 6.92 Å². The fraction of sp³-hybridized carbons (Fsp3) is 0.214. The molecule has 2 rings (SSSR count). The minimum atomic E-state index is -0.431. The maximum absolute atomic E-state index is 12.1. The van der Waals surface area contributed by atoms with Crippen molar-refractivity contribution in [3.05, 3.63) is 40.1 Å². The first-order valence-corrected chi connectivity index (χ1v) is 7.09. The van der Waals surface area contributed by atoms with E-state index in [1.165, 1.54) is 11.8 Å². The minimum absolute atomic E-state index is 0.218. The van der Waals surface area contributed by atoms with Gasteiger partial charge in [-0.25, -0.2) is 0 Å². The van der Waals surface area contributed by atoms with Crippen molar-refractivity contribution in [1.82, 2.24) is 5.16 Å². The molecule has 0 aliphatic carbocycles. The van der Waals surface area contributed by atoms with Gasteiger partial charge in [-0.15, -0.1) is 0 Å². The van der Waals surface area contributed by atoms with Gasteiger partial charge in [-0.05, 0) is 19.1 Å². The van der Waals surface area contributed by atoms with Crippen LogP contribution in [0.1, 0.15) is 12.7 Å². The molecular weight excluding hydrogens is 329 g/mol. The Balaban J connectivity index is 2.12. The molecule has 1 aromatic heterocycles. The van der Waals surface area contributed by atoms with Crippen LogP contribution in [-0.2, 0) is 9.59 Å². The van der Waals surface area contributed by atoms with Crippen LogP contribution in [0.5, 0.6) is 0 Å². The zero-order valence-electron chi connectivity index (χ0n) is 11.9. The highest BCUT2D eigenvalue weighted by Gasteiger charge is 2.19. The van der Waals surface area contributed by atoms with Crippen molar-refractivity contribution in [2.45, 2.75) is 13.8 Å². The third-order valence-corrected chi connectivity index (χ3v) is 3.62. The predicted molar refractivity (Wildman–Crippen MR) is 84.4 cm³/mol. The van der Waals surface area contributed by atoms with Gasteiger partial charge >= 0.3 is 0 Å². The average molecular weight is 342 g/mol. The smallest absolute Gasteiger partial charge is 0.244 e. The first-order valence-electron chi connectivity index (χ1n) is 6.33. The summed E-state index contributed by atoms with van der Waals surface area (Å²) in [5.74, 6) is 0.0533. The number of benzene rings is 1. The van der Waals surface area contributed by atoms with Crippen LogP contribution in [0.4, 0.5) is 11.5 Å². The number of halogens is 2. The maximum atomic E-state index is 12.1. The SMILES string of the molecule is CC(=O)N(CC(=O)Nc1cccc(Cl)c1Cl)c1cc(C)on1. The van der Waals surface area contributed by atoms with Crippen molar-refractivity contribution in [3.63, 3.8) is 0 Å². The molecule has 2 amide bonds. The van der Waals surface area contributed by atoms with Crippen molar-refractivity contribution in [2.75, 3.05) is 16.8 Å². The molecule has 0 saturated heterocycles. The molecule has 0 aliphatic rings. The lowest BCUT2D eigenvalue weighted by atomic mass is 10.3. The zero-order chi connectivity index (χ0) is 16.3. The number of aromatic nitrogens is 1. The van der Waals surface area contributed by atoms with Gasteiger partial charge in [0.1, 0.15) is 12.3 Å². The lowest BCUT2D eigenvalue weighted by molar-refractivity contribution is -0.120. The number of nitrogens with one attached hydrogen (secondary N) is 1. The van der Waals surface area contributed by atoms with E-state index in [1.807, 2.05) is 0 Å². The number of rotatable bonds is 4. The second-order valence-corrected chi connectivity index (χ2v) is 5.34. The van der Waals surface area contributed by atoms with Gasteiger partial charge in [0.2, 0.25) is 11.8 Å². The van der Waals surface area contributed by atoms with E-state index in [0.29, 0.717) is 16.5 Å². The van der Waals surface area contributed by atoms with Crippen LogP contribution in [0.2, 0.25) is 10.0 Å². The minimum Gasteiger partial charge on any atom is -0.360 e. The van der Waals surface area contributed by atoms with Crippen molar-refractivity contribution < 1.29 is 14.1 Å². The second-order valence-electron chi connectivity index (χ2n) is 4.55. The lowest BCUT2D eigenvalue weighted by Crippen LogP contribution is -2.36. The Kier molecular flexibility index (Phi) is 5.05. The monoisotopic (exact) mass is 341 g/mol. The van der Waals surface area contributed by atoms with Gasteiger partial charge in [-0.2, -0.15) is 0 Å². The van der Waals surface area contributed by atoms with Crippen LogP contribution in [-0.4, -0.2) is 23.5 Å². The van der Waals surface area contributed by atoms with Gasteiger partial charge < -0.3 is 9.84 Å². The number of carbonyl (C=O) groups is 2. The third-order valence-electron chi connectivity index (χ3n) is 2.80. The van der Waals surface area contributed by atoms with E-state index in [4.69, 9.17) is 27.7 Å². The quantitative estimate of drug-likeness (QED) is 0.925. The summed E-state index contributed by atoms with van der Waals surface area (Å²) in [5.41, 5.74) is 0.374. The van der Waals surface area contributed by atoms with E-state index in [9.17, 15) is 9.59 Å². The molecule has 0 aliphatic heterocycles. The number of hydrogen-bond donors (Lipinski definition) is 1. The molecule has 1 aromatic carbocycles. The largest absolute Gasteiger partial charge is 0.360 e. The van der Waals surface area contributed by atoms with Gasteiger partial charge in [0, 0.05) is 13.0 Å². The van der Waals surface area contributed by atoms with E-state index in [2.05, 4.69) is 10.5 Å². The highest BCUT2D eigenvalue weighted by Crippen LogP contribution is 2.29. The van der Waals surface area contributed by atoms with Crippen molar-refractivity contribution in [3.8, 4) is 0 Å². The van der Waals surface area contributed by atoms with Crippen LogP contribution in [0.25, 0.3) is 0 Å². The van der Waals surface area contributed by atoms with Gasteiger partial charge in [0.15, 0.2) is 5.82 Å². The Bertz CT molecular complexity index is 715. The Morgan fingerprint density at radius 3 is 2.68 bits per heavy atom. The lowest BCUT2D eigenvalue weighted by Gasteiger charge is -2.17. The first-order chi connectivity index (χ1) is 10.4. The Morgan fingerprint density at radius 1 is 1.36 bits per heavy atom. The summed E-state index contributed by atoms with van der Waals surface area (Å²) in [5, 5.41) is 6.91. The van der Waals surface area contributed by atoms with Crippen LogP contribution < -0.4 is 10.2 Å². The summed E-state index contributed by atoms with van der Waals surface area (Å²) in [6.07, 6.45) is 0. The maximum Gasteiger partial charge on any atom is 0.244 e. The molecule has 116 valence electrons. The van der Waals surface area contributed by atoms with E-state index >= 15 is 0 Å². The highest BCUT2D eigenvalue weighted by atomic mass is 35.5. The summed E-state index contributed by atoms with van der Waals surface area (Å²) in [4.78, 5) is 25.0. The molecule has 0 unspecified atom stereocenters. The van der Waals surface area contributed by atoms with Crippen LogP contribution in [0.15, 0.2) is 28.8 Å². The molecule has 6 nitrogen and oxygen atoms in total. The fourth-order valence-electron chi connectivity index (χ4n) is 1.77. The normalized spacial score (nSPS) is 10.4. The molecule has 22 heavy (non-hydrogen) atoms. The van der Waals surface area contributed by atoms with Gasteiger partial charge in [0.05, 0.1) is 15.7 Å². The topological polar surface area (TPSA) is 75.4 Å². The second kappa shape index (κ2) is 6.81. The average Bonchev–Trinajstić information content (AvgIpc) is 2.87. The first kappa shape index (κ1) is 16.3. The molecule has 0 atom stereocenters. The van der Waals surface area contributed by atoms with Crippen molar-refractivity contribution >= 4 is 46.5 Å². The fourth-order valence-corrected chi connectivity index (χ4v) is 2.12. The molecule has 0 radical (unpaired) electrons. The number of amides is 2. The Labute approximate surface area is 137 Å². The summed E-state index contributed by atoms with van der Waals surface area (Å²) >= 11 is 11.9. The Morgan fingerprint density at radius 2 is 2.09 bits per heavy atom. The van der Waals surface area contributed by atoms with Crippen LogP contribution >= 0.6 is 23.2 Å². The van der Waals surface area contributed by atoms with E-state index in [0.717, 1.165) is 0 Å². The third kappa shape index (κ3) is 3.78. The number of carbonyl (C=O) groups excluding carboxylic acids is 2.